The lowest BCUT2D eigenvalue weighted by atomic mass is 10.1. The predicted octanol–water partition coefficient (Wildman–Crippen LogP) is 2.68. The van der Waals surface area contributed by atoms with Crippen LogP contribution in [-0.2, 0) is 13.1 Å². The van der Waals surface area contributed by atoms with Crippen molar-refractivity contribution in [3.8, 4) is 5.75 Å². The van der Waals surface area contributed by atoms with Crippen molar-refractivity contribution in [1.29, 1.82) is 0 Å². The number of benzene rings is 2. The molecular weight excluding hydrogens is 266 g/mol. The summed E-state index contributed by atoms with van der Waals surface area (Å²) in [5.74, 6) is 0.541. The van der Waals surface area contributed by atoms with Gasteiger partial charge in [0.15, 0.2) is 17.7 Å². The monoisotopic (exact) mass is 283 g/mol. The van der Waals surface area contributed by atoms with E-state index in [9.17, 15) is 4.91 Å². The van der Waals surface area contributed by atoms with Gasteiger partial charge in [0.25, 0.3) is 0 Å². The van der Waals surface area contributed by atoms with Gasteiger partial charge in [0, 0.05) is 19.6 Å². The minimum Gasteiger partial charge on any atom is -0.472 e. The molecule has 2 aromatic carbocycles. The van der Waals surface area contributed by atoms with Gasteiger partial charge < -0.3 is 10.1 Å². The molecule has 1 unspecified atom stereocenters. The lowest BCUT2D eigenvalue weighted by molar-refractivity contribution is 0.299. The molecule has 1 atom stereocenters. The van der Waals surface area contributed by atoms with E-state index in [2.05, 4.69) is 27.9 Å². The Bertz CT molecular complexity index is 612. The van der Waals surface area contributed by atoms with Crippen LogP contribution in [0.5, 0.6) is 5.75 Å². The van der Waals surface area contributed by atoms with Gasteiger partial charge in [-0.2, -0.15) is 0 Å². The van der Waals surface area contributed by atoms with E-state index >= 15 is 0 Å². The molecule has 0 bridgehead atoms. The number of hydrogen-bond acceptors (Lipinski definition) is 5. The van der Waals surface area contributed by atoms with Gasteiger partial charge in [0.1, 0.15) is 0 Å². The highest BCUT2D eigenvalue weighted by atomic mass is 16.5. The molecule has 1 aliphatic heterocycles. The molecule has 1 fully saturated rings. The van der Waals surface area contributed by atoms with Crippen LogP contribution >= 0.6 is 0 Å². The Balaban J connectivity index is 1.65. The molecule has 0 amide bonds. The average Bonchev–Trinajstić information content (AvgIpc) is 3.33. The van der Waals surface area contributed by atoms with Crippen molar-refractivity contribution in [3.63, 3.8) is 0 Å². The van der Waals surface area contributed by atoms with E-state index in [-0.39, 0.29) is 6.23 Å². The topological polar surface area (TPSA) is 72.6 Å². The molecule has 0 spiro atoms. The highest BCUT2D eigenvalue weighted by molar-refractivity contribution is 5.57. The van der Waals surface area contributed by atoms with Crippen molar-refractivity contribution >= 4 is 5.69 Å². The number of hydrogen-bond donors (Lipinski definition) is 2. The van der Waals surface area contributed by atoms with Crippen LogP contribution in [0.1, 0.15) is 11.1 Å². The van der Waals surface area contributed by atoms with Crippen LogP contribution in [0.4, 0.5) is 5.69 Å². The van der Waals surface area contributed by atoms with Crippen molar-refractivity contribution in [2.24, 2.45) is 5.18 Å². The molecule has 0 aliphatic carbocycles. The number of ether oxygens (including phenoxy) is 1. The number of nitrogens with zero attached hydrogens (tertiary/aromatic N) is 1. The first-order valence-corrected chi connectivity index (χ1v) is 6.97. The second-order valence-corrected chi connectivity index (χ2v) is 4.96. The van der Waals surface area contributed by atoms with Gasteiger partial charge in [-0.25, -0.2) is 0 Å². The Morgan fingerprint density at radius 2 is 1.95 bits per heavy atom. The van der Waals surface area contributed by atoms with Crippen LogP contribution in [0.25, 0.3) is 0 Å². The lowest BCUT2D eigenvalue weighted by Gasteiger charge is -2.10. The molecule has 2 aromatic rings. The first kappa shape index (κ1) is 13.7. The maximum atomic E-state index is 11.1. The highest BCUT2D eigenvalue weighted by Gasteiger charge is 2.24. The highest BCUT2D eigenvalue weighted by Crippen LogP contribution is 2.32. The molecule has 1 saturated heterocycles. The molecule has 3 rings (SSSR count). The molecule has 1 aliphatic rings. The fourth-order valence-corrected chi connectivity index (χ4v) is 2.13. The predicted molar refractivity (Wildman–Crippen MR) is 81.3 cm³/mol. The minimum absolute atomic E-state index is 0.0121. The maximum Gasteiger partial charge on any atom is 0.163 e. The number of nitrogens with one attached hydrogen (secondary N) is 2. The summed E-state index contributed by atoms with van der Waals surface area (Å²) in [7, 11) is 0. The van der Waals surface area contributed by atoms with E-state index in [1.165, 1.54) is 5.56 Å². The van der Waals surface area contributed by atoms with Crippen LogP contribution in [-0.4, -0.2) is 12.8 Å². The normalized spacial score (nSPS) is 16.5. The van der Waals surface area contributed by atoms with E-state index in [0.29, 0.717) is 18.0 Å². The Morgan fingerprint density at radius 3 is 2.67 bits per heavy atom. The molecule has 108 valence electrons. The van der Waals surface area contributed by atoms with Crippen molar-refractivity contribution in [2.75, 3.05) is 6.54 Å². The largest absolute Gasteiger partial charge is 0.472 e. The molecule has 0 aromatic heterocycles. The third-order valence-electron chi connectivity index (χ3n) is 3.30. The third kappa shape index (κ3) is 3.65. The van der Waals surface area contributed by atoms with E-state index in [0.717, 1.165) is 18.7 Å². The van der Waals surface area contributed by atoms with Crippen LogP contribution in [0.15, 0.2) is 53.7 Å². The zero-order chi connectivity index (χ0) is 14.5. The summed E-state index contributed by atoms with van der Waals surface area (Å²) in [6.07, 6.45) is 0.0121. The van der Waals surface area contributed by atoms with Crippen molar-refractivity contribution in [1.82, 2.24) is 10.6 Å². The third-order valence-corrected chi connectivity index (χ3v) is 3.30. The van der Waals surface area contributed by atoms with E-state index in [1.54, 1.807) is 6.07 Å². The van der Waals surface area contributed by atoms with Crippen molar-refractivity contribution in [3.05, 3.63) is 64.6 Å². The number of rotatable bonds is 7. The maximum absolute atomic E-state index is 11.1. The molecule has 5 heteroatoms. The van der Waals surface area contributed by atoms with Gasteiger partial charge in [-0.3, -0.25) is 5.32 Å². The fourth-order valence-electron chi connectivity index (χ4n) is 2.13. The van der Waals surface area contributed by atoms with E-state index < -0.39 is 0 Å². The van der Waals surface area contributed by atoms with Crippen LogP contribution in [0.3, 0.4) is 0 Å². The lowest BCUT2D eigenvalue weighted by Crippen LogP contribution is -2.13. The Hall–Kier alpha value is -2.24. The Labute approximate surface area is 123 Å². The summed E-state index contributed by atoms with van der Waals surface area (Å²) >= 11 is 0. The standard InChI is InChI=1S/C16H17N3O2/c20-19-16-13(7-4-8-14(16)21-15-11-18-15)10-17-9-12-5-2-1-3-6-12/h1-8,15,17-18H,9-11H2. The first-order chi connectivity index (χ1) is 10.4. The molecule has 21 heavy (non-hydrogen) atoms. The summed E-state index contributed by atoms with van der Waals surface area (Å²) in [6.45, 7) is 2.13. The fraction of sp³-hybridized carbons (Fsp3) is 0.250. The molecular formula is C16H17N3O2. The zero-order valence-corrected chi connectivity index (χ0v) is 11.6. The SMILES string of the molecule is O=Nc1c(CNCc2ccccc2)cccc1OC1CN1. The second-order valence-electron chi connectivity index (χ2n) is 4.96. The Morgan fingerprint density at radius 1 is 1.14 bits per heavy atom. The van der Waals surface area contributed by atoms with Crippen molar-refractivity contribution < 1.29 is 4.74 Å². The zero-order valence-electron chi connectivity index (χ0n) is 11.6. The Kier molecular flexibility index (Phi) is 4.23. The average molecular weight is 283 g/mol. The van der Waals surface area contributed by atoms with E-state index in [1.807, 2.05) is 30.3 Å². The second kappa shape index (κ2) is 6.47. The van der Waals surface area contributed by atoms with Gasteiger partial charge >= 0.3 is 0 Å². The minimum atomic E-state index is 0.0121. The van der Waals surface area contributed by atoms with Gasteiger partial charge in [-0.05, 0) is 22.4 Å². The summed E-state index contributed by atoms with van der Waals surface area (Å²) < 4.78 is 5.62. The number of nitroso groups, excluding NO2 is 1. The molecule has 1 heterocycles. The van der Waals surface area contributed by atoms with E-state index in [4.69, 9.17) is 4.74 Å². The van der Waals surface area contributed by atoms with Crippen molar-refractivity contribution in [2.45, 2.75) is 19.3 Å². The van der Waals surface area contributed by atoms with Crippen LogP contribution < -0.4 is 15.4 Å². The summed E-state index contributed by atoms with van der Waals surface area (Å²) in [5.41, 5.74) is 2.43. The smallest absolute Gasteiger partial charge is 0.163 e. The van der Waals surface area contributed by atoms with Gasteiger partial charge in [0.05, 0.1) is 0 Å². The first-order valence-electron chi connectivity index (χ1n) is 6.97. The molecule has 0 radical (unpaired) electrons. The summed E-state index contributed by atoms with van der Waals surface area (Å²) in [5, 5.41) is 9.49. The molecule has 0 saturated carbocycles. The van der Waals surface area contributed by atoms with Gasteiger partial charge in [-0.15, -0.1) is 4.91 Å². The molecule has 5 nitrogen and oxygen atoms in total. The quantitative estimate of drug-likeness (QED) is 0.605. The summed E-state index contributed by atoms with van der Waals surface area (Å²) in [4.78, 5) is 11.1. The van der Waals surface area contributed by atoms with Crippen LogP contribution in [0, 0.1) is 4.91 Å². The summed E-state index contributed by atoms with van der Waals surface area (Å²) in [6, 6.07) is 15.7. The van der Waals surface area contributed by atoms with Gasteiger partial charge in [-0.1, -0.05) is 42.5 Å². The van der Waals surface area contributed by atoms with Crippen LogP contribution in [0.2, 0.25) is 0 Å². The van der Waals surface area contributed by atoms with Gasteiger partial charge in [0.2, 0.25) is 0 Å². The molecule has 2 N–H and O–H groups in total.